The Bertz CT molecular complexity index is 919. The van der Waals surface area contributed by atoms with E-state index in [1.165, 1.54) is 0 Å². The number of hydrogen-bond donors (Lipinski definition) is 0. The van der Waals surface area contributed by atoms with Crippen LogP contribution in [0.2, 0.25) is 0 Å². The van der Waals surface area contributed by atoms with Crippen LogP contribution >= 0.6 is 0 Å². The van der Waals surface area contributed by atoms with E-state index in [-0.39, 0.29) is 5.91 Å². The van der Waals surface area contributed by atoms with Gasteiger partial charge in [0.2, 0.25) is 0 Å². The van der Waals surface area contributed by atoms with E-state index >= 15 is 0 Å². The van der Waals surface area contributed by atoms with Gasteiger partial charge in [-0.2, -0.15) is 0 Å². The molecule has 136 valence electrons. The first-order valence-electron chi connectivity index (χ1n) is 9.06. The van der Waals surface area contributed by atoms with Crippen molar-refractivity contribution in [3.63, 3.8) is 0 Å². The Hall–Kier alpha value is -3.28. The van der Waals surface area contributed by atoms with Crippen molar-refractivity contribution in [1.82, 2.24) is 20.1 Å². The van der Waals surface area contributed by atoms with Gasteiger partial charge >= 0.3 is 0 Å². The van der Waals surface area contributed by atoms with E-state index < -0.39 is 0 Å². The third-order valence-corrected chi connectivity index (χ3v) is 4.89. The maximum atomic E-state index is 12.7. The van der Waals surface area contributed by atoms with E-state index in [4.69, 9.17) is 0 Å². The summed E-state index contributed by atoms with van der Waals surface area (Å²) >= 11 is 0. The average Bonchev–Trinajstić information content (AvgIpc) is 2.74. The Morgan fingerprint density at radius 2 is 1.63 bits per heavy atom. The van der Waals surface area contributed by atoms with Crippen LogP contribution in [0.1, 0.15) is 15.9 Å². The van der Waals surface area contributed by atoms with E-state index in [1.54, 1.807) is 12.4 Å². The van der Waals surface area contributed by atoms with Crippen LogP contribution in [0.15, 0.2) is 60.9 Å². The molecule has 3 aromatic rings. The van der Waals surface area contributed by atoms with Crippen molar-refractivity contribution in [2.24, 2.45) is 0 Å². The summed E-state index contributed by atoms with van der Waals surface area (Å²) < 4.78 is 0. The molecule has 4 rings (SSSR count). The maximum Gasteiger partial charge on any atom is 0.254 e. The lowest BCUT2D eigenvalue weighted by Gasteiger charge is -2.35. The van der Waals surface area contributed by atoms with Crippen LogP contribution in [0.3, 0.4) is 0 Å². The number of nitrogens with zero attached hydrogens (tertiary/aromatic N) is 5. The van der Waals surface area contributed by atoms with Crippen LogP contribution in [-0.4, -0.2) is 52.2 Å². The smallest absolute Gasteiger partial charge is 0.254 e. The fraction of sp³-hybridized carbons (Fsp3) is 0.238. The van der Waals surface area contributed by atoms with Crippen molar-refractivity contribution in [3.8, 4) is 11.3 Å². The fourth-order valence-electron chi connectivity index (χ4n) is 3.29. The van der Waals surface area contributed by atoms with Crippen LogP contribution in [0.5, 0.6) is 0 Å². The van der Waals surface area contributed by atoms with Gasteiger partial charge in [0.25, 0.3) is 5.91 Å². The van der Waals surface area contributed by atoms with Crippen LogP contribution < -0.4 is 4.90 Å². The molecule has 1 saturated heterocycles. The molecule has 6 heteroatoms. The van der Waals surface area contributed by atoms with E-state index in [9.17, 15) is 4.79 Å². The molecular weight excluding hydrogens is 338 g/mol. The van der Waals surface area contributed by atoms with Crippen molar-refractivity contribution in [2.75, 3.05) is 31.1 Å². The number of piperazine rings is 1. The van der Waals surface area contributed by atoms with E-state index in [1.807, 2.05) is 60.4 Å². The van der Waals surface area contributed by atoms with Crippen molar-refractivity contribution in [3.05, 3.63) is 72.1 Å². The van der Waals surface area contributed by atoms with Gasteiger partial charge in [0.05, 0.1) is 5.69 Å². The number of rotatable bonds is 3. The second kappa shape index (κ2) is 7.53. The number of benzene rings is 1. The number of anilines is 1. The van der Waals surface area contributed by atoms with Gasteiger partial charge < -0.3 is 9.80 Å². The van der Waals surface area contributed by atoms with Crippen molar-refractivity contribution in [2.45, 2.75) is 6.92 Å². The van der Waals surface area contributed by atoms with Crippen LogP contribution in [0.4, 0.5) is 5.82 Å². The van der Waals surface area contributed by atoms with E-state index in [0.29, 0.717) is 13.1 Å². The molecule has 1 aliphatic heterocycles. The molecular formula is C21H21N5O. The first-order chi connectivity index (χ1) is 13.2. The lowest BCUT2D eigenvalue weighted by atomic mass is 10.1. The van der Waals surface area contributed by atoms with Gasteiger partial charge in [-0.1, -0.05) is 18.2 Å². The molecule has 0 bridgehead atoms. The van der Waals surface area contributed by atoms with Gasteiger partial charge in [0, 0.05) is 49.7 Å². The number of carbonyl (C=O) groups excluding carboxylic acids is 1. The summed E-state index contributed by atoms with van der Waals surface area (Å²) in [7, 11) is 0. The Morgan fingerprint density at radius 3 is 2.30 bits per heavy atom. The molecule has 0 atom stereocenters. The highest BCUT2D eigenvalue weighted by Gasteiger charge is 2.23. The fourth-order valence-corrected chi connectivity index (χ4v) is 3.29. The lowest BCUT2D eigenvalue weighted by molar-refractivity contribution is 0.0745. The summed E-state index contributed by atoms with van der Waals surface area (Å²) in [6.07, 6.45) is 3.49. The molecule has 0 radical (unpaired) electrons. The molecule has 0 spiro atoms. The van der Waals surface area contributed by atoms with Gasteiger partial charge in [0.15, 0.2) is 5.82 Å². The first kappa shape index (κ1) is 17.1. The van der Waals surface area contributed by atoms with Crippen LogP contribution in [-0.2, 0) is 0 Å². The lowest BCUT2D eigenvalue weighted by Crippen LogP contribution is -2.49. The molecule has 0 N–H and O–H groups in total. The Balaban J connectivity index is 1.41. The SMILES string of the molecule is Cc1ccccc1C(=O)N1CCN(c2ccc(-c3ccncc3)nn2)CC1. The molecule has 3 heterocycles. The van der Waals surface area contributed by atoms with Gasteiger partial charge in [0.1, 0.15) is 0 Å². The summed E-state index contributed by atoms with van der Waals surface area (Å²) in [6, 6.07) is 15.5. The second-order valence-corrected chi connectivity index (χ2v) is 6.61. The number of hydrogen-bond acceptors (Lipinski definition) is 5. The van der Waals surface area contributed by atoms with Crippen molar-refractivity contribution in [1.29, 1.82) is 0 Å². The van der Waals surface area contributed by atoms with Gasteiger partial charge in [-0.3, -0.25) is 9.78 Å². The zero-order valence-electron chi connectivity index (χ0n) is 15.2. The third-order valence-electron chi connectivity index (χ3n) is 4.89. The third kappa shape index (κ3) is 3.65. The van der Waals surface area contributed by atoms with E-state index in [0.717, 1.165) is 41.3 Å². The summed E-state index contributed by atoms with van der Waals surface area (Å²) in [5.41, 5.74) is 3.63. The second-order valence-electron chi connectivity index (χ2n) is 6.61. The minimum Gasteiger partial charge on any atom is -0.352 e. The Morgan fingerprint density at radius 1 is 0.889 bits per heavy atom. The number of pyridine rings is 1. The highest BCUT2D eigenvalue weighted by atomic mass is 16.2. The predicted molar refractivity (Wildman–Crippen MR) is 105 cm³/mol. The standard InChI is InChI=1S/C21H21N5O/c1-16-4-2-3-5-18(16)21(27)26-14-12-25(13-15-26)20-7-6-19(23-24-20)17-8-10-22-11-9-17/h2-11H,12-15H2,1H3. The molecule has 0 saturated carbocycles. The zero-order valence-corrected chi connectivity index (χ0v) is 15.2. The monoisotopic (exact) mass is 359 g/mol. The summed E-state index contributed by atoms with van der Waals surface area (Å²) in [6.45, 7) is 4.84. The summed E-state index contributed by atoms with van der Waals surface area (Å²) in [4.78, 5) is 20.8. The largest absolute Gasteiger partial charge is 0.352 e. The summed E-state index contributed by atoms with van der Waals surface area (Å²) in [5.74, 6) is 0.947. The molecule has 27 heavy (non-hydrogen) atoms. The number of aromatic nitrogens is 3. The highest BCUT2D eigenvalue weighted by molar-refractivity contribution is 5.95. The van der Waals surface area contributed by atoms with Crippen molar-refractivity contribution >= 4 is 11.7 Å². The molecule has 1 fully saturated rings. The number of aryl methyl sites for hydroxylation is 1. The normalized spacial score (nSPS) is 14.3. The predicted octanol–water partition coefficient (Wildman–Crippen LogP) is 2.81. The Kier molecular flexibility index (Phi) is 4.78. The zero-order chi connectivity index (χ0) is 18.6. The van der Waals surface area contributed by atoms with Gasteiger partial charge in [-0.25, -0.2) is 0 Å². The maximum absolute atomic E-state index is 12.7. The van der Waals surface area contributed by atoms with Gasteiger partial charge in [-0.15, -0.1) is 10.2 Å². The average molecular weight is 359 g/mol. The molecule has 0 unspecified atom stereocenters. The molecule has 6 nitrogen and oxygen atoms in total. The Labute approximate surface area is 158 Å². The first-order valence-corrected chi connectivity index (χ1v) is 9.06. The minimum atomic E-state index is 0.104. The van der Waals surface area contributed by atoms with Crippen LogP contribution in [0.25, 0.3) is 11.3 Å². The molecule has 1 aliphatic rings. The molecule has 1 amide bonds. The molecule has 0 aliphatic carbocycles. The number of carbonyl (C=O) groups is 1. The van der Waals surface area contributed by atoms with Crippen molar-refractivity contribution < 1.29 is 4.79 Å². The van der Waals surface area contributed by atoms with E-state index in [2.05, 4.69) is 20.1 Å². The topological polar surface area (TPSA) is 62.2 Å². The van der Waals surface area contributed by atoms with Gasteiger partial charge in [-0.05, 0) is 42.8 Å². The summed E-state index contributed by atoms with van der Waals surface area (Å²) in [5, 5.41) is 8.71. The molecule has 1 aromatic carbocycles. The van der Waals surface area contributed by atoms with Crippen LogP contribution in [0, 0.1) is 6.92 Å². The molecule has 2 aromatic heterocycles. The number of amides is 1. The quantitative estimate of drug-likeness (QED) is 0.720. The minimum absolute atomic E-state index is 0.104. The highest BCUT2D eigenvalue weighted by Crippen LogP contribution is 2.19.